The number of aromatic nitrogens is 2. The van der Waals surface area contributed by atoms with Crippen molar-refractivity contribution in [1.29, 1.82) is 0 Å². The van der Waals surface area contributed by atoms with Crippen LogP contribution in [0.4, 0.5) is 4.39 Å². The molecule has 0 aliphatic carbocycles. The van der Waals surface area contributed by atoms with Crippen LogP contribution in [-0.2, 0) is 6.54 Å². The molecule has 1 aromatic carbocycles. The first-order valence-electron chi connectivity index (χ1n) is 6.35. The van der Waals surface area contributed by atoms with E-state index in [1.807, 2.05) is 18.1 Å². The molecule has 0 spiro atoms. The third kappa shape index (κ3) is 3.41. The molecule has 2 aromatic rings. The van der Waals surface area contributed by atoms with Crippen LogP contribution in [0.2, 0.25) is 0 Å². The molecule has 20 heavy (non-hydrogen) atoms. The van der Waals surface area contributed by atoms with Gasteiger partial charge in [-0.15, -0.1) is 0 Å². The predicted molar refractivity (Wildman–Crippen MR) is 72.9 cm³/mol. The van der Waals surface area contributed by atoms with Gasteiger partial charge in [0.15, 0.2) is 0 Å². The van der Waals surface area contributed by atoms with E-state index in [4.69, 9.17) is 10.2 Å². The van der Waals surface area contributed by atoms with Crippen LogP contribution in [0.5, 0.6) is 0 Å². The van der Waals surface area contributed by atoms with Crippen LogP contribution < -0.4 is 0 Å². The second kappa shape index (κ2) is 6.60. The maximum absolute atomic E-state index is 12.9. The average molecular weight is 279 g/mol. The molecule has 0 amide bonds. The van der Waals surface area contributed by atoms with E-state index in [-0.39, 0.29) is 25.1 Å². The van der Waals surface area contributed by atoms with E-state index in [2.05, 4.69) is 5.10 Å². The van der Waals surface area contributed by atoms with Gasteiger partial charge in [0.05, 0.1) is 31.1 Å². The molecule has 0 saturated carbocycles. The molecule has 5 nitrogen and oxygen atoms in total. The molecule has 0 saturated heterocycles. The predicted octanol–water partition coefficient (Wildman–Crippen LogP) is 0.796. The van der Waals surface area contributed by atoms with Gasteiger partial charge in [0, 0.05) is 18.3 Å². The minimum absolute atomic E-state index is 0.0981. The number of aliphatic hydroxyl groups excluding tert-OH is 2. The maximum Gasteiger partial charge on any atom is 0.123 e. The van der Waals surface area contributed by atoms with E-state index >= 15 is 0 Å². The summed E-state index contributed by atoms with van der Waals surface area (Å²) < 4.78 is 14.5. The van der Waals surface area contributed by atoms with E-state index in [1.54, 1.807) is 23.0 Å². The zero-order chi connectivity index (χ0) is 14.5. The summed E-state index contributed by atoms with van der Waals surface area (Å²) in [4.78, 5) is 1.85. The molecule has 1 heterocycles. The number of hydrogen-bond acceptors (Lipinski definition) is 4. The quantitative estimate of drug-likeness (QED) is 0.821. The van der Waals surface area contributed by atoms with Gasteiger partial charge in [-0.3, -0.25) is 4.90 Å². The van der Waals surface area contributed by atoms with E-state index in [0.717, 1.165) is 11.3 Å². The fourth-order valence-corrected chi connectivity index (χ4v) is 1.93. The molecule has 108 valence electrons. The Bertz CT molecular complexity index is 538. The van der Waals surface area contributed by atoms with Gasteiger partial charge in [-0.05, 0) is 31.3 Å². The number of rotatable bonds is 6. The molecule has 2 rings (SSSR count). The van der Waals surface area contributed by atoms with Gasteiger partial charge in [0.1, 0.15) is 5.82 Å². The third-order valence-corrected chi connectivity index (χ3v) is 3.20. The molecule has 0 unspecified atom stereocenters. The van der Waals surface area contributed by atoms with Crippen molar-refractivity contribution in [1.82, 2.24) is 14.7 Å². The topological polar surface area (TPSA) is 61.5 Å². The molecular weight excluding hydrogens is 261 g/mol. The molecule has 1 aromatic heterocycles. The molecule has 0 fully saturated rings. The summed E-state index contributed by atoms with van der Waals surface area (Å²) in [6, 6.07) is 5.79. The lowest BCUT2D eigenvalue weighted by Crippen LogP contribution is -2.37. The molecule has 0 aliphatic rings. The standard InChI is InChI=1S/C14H18FN3O2/c1-17(14(9-19)10-20)7-11-6-16-18(8-11)13-4-2-12(15)3-5-13/h2-6,8,14,19-20H,7,9-10H2,1H3. The summed E-state index contributed by atoms with van der Waals surface area (Å²) >= 11 is 0. The van der Waals surface area contributed by atoms with Gasteiger partial charge in [-0.25, -0.2) is 9.07 Å². The Morgan fingerprint density at radius 2 is 1.90 bits per heavy atom. The van der Waals surface area contributed by atoms with Crippen molar-refractivity contribution in [2.24, 2.45) is 0 Å². The van der Waals surface area contributed by atoms with Crippen molar-refractivity contribution in [2.45, 2.75) is 12.6 Å². The van der Waals surface area contributed by atoms with Crippen molar-refractivity contribution in [3.05, 3.63) is 48.0 Å². The minimum atomic E-state index is -0.288. The monoisotopic (exact) mass is 279 g/mol. The summed E-state index contributed by atoms with van der Waals surface area (Å²) in [6.07, 6.45) is 3.56. The summed E-state index contributed by atoms with van der Waals surface area (Å²) in [7, 11) is 1.83. The SMILES string of the molecule is CN(Cc1cnn(-c2ccc(F)cc2)c1)C(CO)CO. The fraction of sp³-hybridized carbons (Fsp3) is 0.357. The highest BCUT2D eigenvalue weighted by Crippen LogP contribution is 2.11. The largest absolute Gasteiger partial charge is 0.395 e. The van der Waals surface area contributed by atoms with Crippen molar-refractivity contribution < 1.29 is 14.6 Å². The van der Waals surface area contributed by atoms with E-state index < -0.39 is 0 Å². The molecule has 0 atom stereocenters. The Morgan fingerprint density at radius 3 is 2.50 bits per heavy atom. The lowest BCUT2D eigenvalue weighted by Gasteiger charge is -2.23. The zero-order valence-corrected chi connectivity index (χ0v) is 11.3. The maximum atomic E-state index is 12.9. The third-order valence-electron chi connectivity index (χ3n) is 3.20. The van der Waals surface area contributed by atoms with Crippen molar-refractivity contribution >= 4 is 0 Å². The lowest BCUT2D eigenvalue weighted by molar-refractivity contribution is 0.0874. The van der Waals surface area contributed by atoms with Crippen LogP contribution in [0, 0.1) is 5.82 Å². The molecule has 0 aliphatic heterocycles. The Labute approximate surface area is 116 Å². The van der Waals surface area contributed by atoms with Gasteiger partial charge in [-0.1, -0.05) is 0 Å². The van der Waals surface area contributed by atoms with Gasteiger partial charge in [-0.2, -0.15) is 5.10 Å². The van der Waals surface area contributed by atoms with Crippen molar-refractivity contribution in [3.8, 4) is 5.69 Å². The number of likely N-dealkylation sites (N-methyl/N-ethyl adjacent to an activating group) is 1. The van der Waals surface area contributed by atoms with E-state index in [0.29, 0.717) is 6.54 Å². The first-order chi connectivity index (χ1) is 9.63. The van der Waals surface area contributed by atoms with Crippen LogP contribution in [0.1, 0.15) is 5.56 Å². The van der Waals surface area contributed by atoms with Crippen LogP contribution in [0.25, 0.3) is 5.69 Å². The number of benzene rings is 1. The summed E-state index contributed by atoms with van der Waals surface area (Å²) in [5, 5.41) is 22.5. The highest BCUT2D eigenvalue weighted by atomic mass is 19.1. The second-order valence-corrected chi connectivity index (χ2v) is 4.70. The first kappa shape index (κ1) is 14.6. The van der Waals surface area contributed by atoms with Crippen LogP contribution in [0.15, 0.2) is 36.7 Å². The number of hydrogen-bond donors (Lipinski definition) is 2. The van der Waals surface area contributed by atoms with Crippen LogP contribution in [0.3, 0.4) is 0 Å². The molecule has 6 heteroatoms. The summed E-state index contributed by atoms with van der Waals surface area (Å²) in [6.45, 7) is 0.366. The van der Waals surface area contributed by atoms with Gasteiger partial charge in [0.2, 0.25) is 0 Å². The van der Waals surface area contributed by atoms with Crippen LogP contribution >= 0.6 is 0 Å². The van der Waals surface area contributed by atoms with Crippen LogP contribution in [-0.4, -0.2) is 51.2 Å². The Kier molecular flexibility index (Phi) is 4.84. The fourth-order valence-electron chi connectivity index (χ4n) is 1.93. The average Bonchev–Trinajstić information content (AvgIpc) is 2.89. The molecule has 0 radical (unpaired) electrons. The lowest BCUT2D eigenvalue weighted by atomic mass is 10.2. The van der Waals surface area contributed by atoms with Gasteiger partial charge >= 0.3 is 0 Å². The Morgan fingerprint density at radius 1 is 1.25 bits per heavy atom. The number of nitrogens with zero attached hydrogens (tertiary/aromatic N) is 3. The second-order valence-electron chi connectivity index (χ2n) is 4.70. The number of aliphatic hydroxyl groups is 2. The highest BCUT2D eigenvalue weighted by Gasteiger charge is 2.13. The molecule has 0 bridgehead atoms. The van der Waals surface area contributed by atoms with E-state index in [9.17, 15) is 4.39 Å². The number of halogens is 1. The summed E-state index contributed by atoms with van der Waals surface area (Å²) in [5.41, 5.74) is 1.73. The van der Waals surface area contributed by atoms with E-state index in [1.165, 1.54) is 12.1 Å². The normalized spacial score (nSPS) is 11.5. The van der Waals surface area contributed by atoms with Crippen molar-refractivity contribution in [3.63, 3.8) is 0 Å². The smallest absolute Gasteiger partial charge is 0.123 e. The highest BCUT2D eigenvalue weighted by molar-refractivity contribution is 5.31. The Hall–Kier alpha value is -1.76. The first-order valence-corrected chi connectivity index (χ1v) is 6.35. The van der Waals surface area contributed by atoms with Gasteiger partial charge < -0.3 is 10.2 Å². The van der Waals surface area contributed by atoms with Gasteiger partial charge in [0.25, 0.3) is 0 Å². The summed E-state index contributed by atoms with van der Waals surface area (Å²) in [5.74, 6) is -0.283. The zero-order valence-electron chi connectivity index (χ0n) is 11.3. The Balaban J connectivity index is 2.07. The minimum Gasteiger partial charge on any atom is -0.395 e. The molecule has 2 N–H and O–H groups in total. The van der Waals surface area contributed by atoms with Crippen molar-refractivity contribution in [2.75, 3.05) is 20.3 Å². The molecular formula is C14H18FN3O2.